The van der Waals surface area contributed by atoms with Crippen LogP contribution in [0.1, 0.15) is 12.1 Å². The average molecular weight is 405 g/mol. The Hall–Kier alpha value is -2.78. The quantitative estimate of drug-likeness (QED) is 0.558. The zero-order chi connectivity index (χ0) is 19.1. The minimum Gasteiger partial charge on any atom is -0.356 e. The minimum absolute atomic E-state index is 0.121. The molecular formula is C17H17ClN6O2S. The van der Waals surface area contributed by atoms with E-state index in [1.165, 1.54) is 22.1 Å². The molecule has 0 radical (unpaired) electrons. The lowest BCUT2D eigenvalue weighted by Gasteiger charge is -2.05. The first-order valence-corrected chi connectivity index (χ1v) is 9.48. The van der Waals surface area contributed by atoms with Gasteiger partial charge >= 0.3 is 0 Å². The molecule has 0 aliphatic carbocycles. The number of anilines is 2. The molecule has 10 heteroatoms. The molecule has 0 aliphatic rings. The smallest absolute Gasteiger partial charge is 0.266 e. The summed E-state index contributed by atoms with van der Waals surface area (Å²) in [5, 5.41) is 12.9. The number of hydrogen-bond acceptors (Lipinski definition) is 7. The van der Waals surface area contributed by atoms with Crippen LogP contribution < -0.4 is 16.2 Å². The number of aryl methyl sites for hydroxylation is 1. The lowest BCUT2D eigenvalue weighted by atomic mass is 10.3. The van der Waals surface area contributed by atoms with E-state index in [4.69, 9.17) is 11.6 Å². The van der Waals surface area contributed by atoms with Crippen molar-refractivity contribution in [2.45, 2.75) is 19.4 Å². The van der Waals surface area contributed by atoms with E-state index in [0.717, 1.165) is 0 Å². The molecule has 0 unspecified atom stereocenters. The van der Waals surface area contributed by atoms with E-state index in [2.05, 4.69) is 25.7 Å². The van der Waals surface area contributed by atoms with Gasteiger partial charge in [0.1, 0.15) is 5.82 Å². The standard InChI is InChI=1S/C17H17ClN6O2S/c18-12-4-5-14(20-10-12)23-17-22-13(11-27-17)9-15(25)19-6-2-8-24-16(26)3-1-7-21-24/h1,3-5,7,10-11H,2,6,8-9H2,(H,19,25)(H,20,22,23). The molecular weight excluding hydrogens is 388 g/mol. The van der Waals surface area contributed by atoms with Gasteiger partial charge < -0.3 is 10.6 Å². The fourth-order valence-electron chi connectivity index (χ4n) is 2.24. The molecule has 0 bridgehead atoms. The van der Waals surface area contributed by atoms with Crippen LogP contribution in [0.25, 0.3) is 0 Å². The monoisotopic (exact) mass is 404 g/mol. The number of amides is 1. The van der Waals surface area contributed by atoms with Crippen molar-refractivity contribution in [2.75, 3.05) is 11.9 Å². The van der Waals surface area contributed by atoms with Gasteiger partial charge in [0.2, 0.25) is 5.91 Å². The number of nitrogens with zero attached hydrogens (tertiary/aromatic N) is 4. The number of aromatic nitrogens is 4. The topological polar surface area (TPSA) is 102 Å². The molecule has 0 spiro atoms. The molecule has 1 amide bonds. The van der Waals surface area contributed by atoms with Crippen LogP contribution in [-0.4, -0.2) is 32.2 Å². The molecule has 3 aromatic rings. The fraction of sp³-hybridized carbons (Fsp3) is 0.235. The van der Waals surface area contributed by atoms with E-state index in [0.29, 0.717) is 41.2 Å². The Kier molecular flexibility index (Phi) is 6.50. The molecule has 0 saturated carbocycles. The van der Waals surface area contributed by atoms with Crippen LogP contribution in [0.2, 0.25) is 5.02 Å². The number of carbonyl (C=O) groups is 1. The molecule has 0 saturated heterocycles. The van der Waals surface area contributed by atoms with Crippen molar-refractivity contribution in [3.8, 4) is 0 Å². The van der Waals surface area contributed by atoms with E-state index < -0.39 is 0 Å². The Bertz CT molecular complexity index is 956. The number of rotatable bonds is 8. The Morgan fingerprint density at radius 1 is 1.30 bits per heavy atom. The maximum Gasteiger partial charge on any atom is 0.266 e. The Labute approximate surface area is 164 Å². The molecule has 27 heavy (non-hydrogen) atoms. The number of thiazole rings is 1. The van der Waals surface area contributed by atoms with Gasteiger partial charge in [0.15, 0.2) is 5.13 Å². The molecule has 3 rings (SSSR count). The molecule has 3 aromatic heterocycles. The fourth-order valence-corrected chi connectivity index (χ4v) is 3.07. The third-order valence-electron chi connectivity index (χ3n) is 3.51. The van der Waals surface area contributed by atoms with Gasteiger partial charge in [0.25, 0.3) is 5.56 Å². The number of halogens is 1. The predicted octanol–water partition coefficient (Wildman–Crippen LogP) is 2.24. The van der Waals surface area contributed by atoms with Gasteiger partial charge in [-0.05, 0) is 24.6 Å². The van der Waals surface area contributed by atoms with Crippen molar-refractivity contribution in [3.05, 3.63) is 63.1 Å². The SMILES string of the molecule is O=C(Cc1csc(Nc2ccc(Cl)cn2)n1)NCCCn1ncccc1=O. The lowest BCUT2D eigenvalue weighted by Crippen LogP contribution is -2.28. The first kappa shape index (κ1) is 19.0. The largest absolute Gasteiger partial charge is 0.356 e. The van der Waals surface area contributed by atoms with Gasteiger partial charge in [-0.2, -0.15) is 5.10 Å². The first-order valence-electron chi connectivity index (χ1n) is 8.22. The van der Waals surface area contributed by atoms with E-state index >= 15 is 0 Å². The molecule has 0 fully saturated rings. The van der Waals surface area contributed by atoms with Crippen LogP contribution >= 0.6 is 22.9 Å². The summed E-state index contributed by atoms with van der Waals surface area (Å²) in [4.78, 5) is 32.1. The predicted molar refractivity (Wildman–Crippen MR) is 104 cm³/mol. The summed E-state index contributed by atoms with van der Waals surface area (Å²) in [5.74, 6) is 0.513. The molecule has 0 aliphatic heterocycles. The van der Waals surface area contributed by atoms with E-state index in [1.54, 1.807) is 30.6 Å². The second kappa shape index (κ2) is 9.24. The van der Waals surface area contributed by atoms with Gasteiger partial charge in [-0.3, -0.25) is 9.59 Å². The van der Waals surface area contributed by atoms with Crippen molar-refractivity contribution < 1.29 is 4.79 Å². The summed E-state index contributed by atoms with van der Waals surface area (Å²) in [5.41, 5.74) is 0.524. The first-order chi connectivity index (χ1) is 13.1. The summed E-state index contributed by atoms with van der Waals surface area (Å²) in [6, 6.07) is 6.54. The normalized spacial score (nSPS) is 10.6. The summed E-state index contributed by atoms with van der Waals surface area (Å²) in [6.45, 7) is 0.921. The highest BCUT2D eigenvalue weighted by Gasteiger charge is 2.08. The van der Waals surface area contributed by atoms with Crippen molar-refractivity contribution >= 4 is 39.8 Å². The number of hydrogen-bond donors (Lipinski definition) is 2. The molecule has 2 N–H and O–H groups in total. The molecule has 140 valence electrons. The molecule has 0 atom stereocenters. The van der Waals surface area contributed by atoms with Crippen LogP contribution in [0.3, 0.4) is 0 Å². The van der Waals surface area contributed by atoms with E-state index in [-0.39, 0.29) is 17.9 Å². The summed E-state index contributed by atoms with van der Waals surface area (Å²) < 4.78 is 1.37. The number of nitrogens with one attached hydrogen (secondary N) is 2. The maximum absolute atomic E-state index is 12.0. The van der Waals surface area contributed by atoms with Crippen molar-refractivity contribution in [2.24, 2.45) is 0 Å². The van der Waals surface area contributed by atoms with Crippen LogP contribution in [0, 0.1) is 0 Å². The average Bonchev–Trinajstić information content (AvgIpc) is 3.09. The Morgan fingerprint density at radius 2 is 2.19 bits per heavy atom. The highest BCUT2D eigenvalue weighted by Crippen LogP contribution is 2.20. The van der Waals surface area contributed by atoms with Gasteiger partial charge in [0.05, 0.1) is 17.1 Å². The molecule has 8 nitrogen and oxygen atoms in total. The summed E-state index contributed by atoms with van der Waals surface area (Å²) in [6.07, 6.45) is 3.92. The van der Waals surface area contributed by atoms with E-state index in [1.807, 2.05) is 5.38 Å². The highest BCUT2D eigenvalue weighted by atomic mass is 35.5. The van der Waals surface area contributed by atoms with Crippen molar-refractivity contribution in [1.82, 2.24) is 25.1 Å². The van der Waals surface area contributed by atoms with Gasteiger partial charge in [-0.25, -0.2) is 14.6 Å². The minimum atomic E-state index is -0.151. The van der Waals surface area contributed by atoms with E-state index in [9.17, 15) is 9.59 Å². The molecule has 0 aromatic carbocycles. The zero-order valence-corrected chi connectivity index (χ0v) is 15.8. The van der Waals surface area contributed by atoms with Gasteiger partial charge in [-0.1, -0.05) is 11.6 Å². The summed E-state index contributed by atoms with van der Waals surface area (Å²) >= 11 is 7.20. The third-order valence-corrected chi connectivity index (χ3v) is 4.54. The van der Waals surface area contributed by atoms with Gasteiger partial charge in [-0.15, -0.1) is 11.3 Å². The van der Waals surface area contributed by atoms with Gasteiger partial charge in [0, 0.05) is 36.9 Å². The summed E-state index contributed by atoms with van der Waals surface area (Å²) in [7, 11) is 0. The van der Waals surface area contributed by atoms with Crippen molar-refractivity contribution in [1.29, 1.82) is 0 Å². The van der Waals surface area contributed by atoms with Crippen LogP contribution in [0.15, 0.2) is 46.8 Å². The maximum atomic E-state index is 12.0. The molecule has 3 heterocycles. The Morgan fingerprint density at radius 3 is 2.96 bits per heavy atom. The van der Waals surface area contributed by atoms with Crippen LogP contribution in [0.4, 0.5) is 10.9 Å². The third kappa shape index (κ3) is 5.87. The number of pyridine rings is 1. The van der Waals surface area contributed by atoms with Crippen LogP contribution in [-0.2, 0) is 17.8 Å². The second-order valence-corrected chi connectivity index (χ2v) is 6.89. The van der Waals surface area contributed by atoms with Crippen LogP contribution in [0.5, 0.6) is 0 Å². The lowest BCUT2D eigenvalue weighted by molar-refractivity contribution is -0.120. The highest BCUT2D eigenvalue weighted by molar-refractivity contribution is 7.13. The number of carbonyl (C=O) groups excluding carboxylic acids is 1. The van der Waals surface area contributed by atoms with Crippen molar-refractivity contribution in [3.63, 3.8) is 0 Å². The Balaban J connectivity index is 1.42. The zero-order valence-electron chi connectivity index (χ0n) is 14.3. The second-order valence-electron chi connectivity index (χ2n) is 5.60.